The van der Waals surface area contributed by atoms with E-state index in [0.717, 1.165) is 0 Å². The van der Waals surface area contributed by atoms with Crippen LogP contribution in [0.5, 0.6) is 5.75 Å². The van der Waals surface area contributed by atoms with E-state index in [9.17, 15) is 8.42 Å². The van der Waals surface area contributed by atoms with Gasteiger partial charge < -0.3 is 15.2 Å². The van der Waals surface area contributed by atoms with E-state index >= 15 is 0 Å². The number of amidine groups is 1. The van der Waals surface area contributed by atoms with Crippen molar-refractivity contribution in [2.75, 3.05) is 31.6 Å². The molecule has 0 fully saturated rings. The molecule has 0 heterocycles. The van der Waals surface area contributed by atoms with E-state index in [1.165, 1.54) is 7.11 Å². The van der Waals surface area contributed by atoms with Gasteiger partial charge >= 0.3 is 0 Å². The van der Waals surface area contributed by atoms with Crippen LogP contribution < -0.4 is 19.9 Å². The predicted molar refractivity (Wildman–Crippen MR) is 76.3 cm³/mol. The summed E-state index contributed by atoms with van der Waals surface area (Å²) in [4.78, 5) is 0. The lowest BCUT2D eigenvalue weighted by atomic mass is 10.3. The fraction of sp³-hybridized carbons (Fsp3) is 0.364. The summed E-state index contributed by atoms with van der Waals surface area (Å²) in [5.41, 5.74) is 5.45. The molecule has 0 aliphatic rings. The Morgan fingerprint density at radius 3 is 2.75 bits per heavy atom. The molecular formula is C11H18N4O4S. The van der Waals surface area contributed by atoms with Crippen LogP contribution in [0.2, 0.25) is 0 Å². The quantitative estimate of drug-likeness (QED) is 0.288. The Morgan fingerprint density at radius 1 is 1.40 bits per heavy atom. The Hall–Kier alpha value is -1.84. The summed E-state index contributed by atoms with van der Waals surface area (Å²) < 4.78 is 38.2. The van der Waals surface area contributed by atoms with E-state index in [2.05, 4.69) is 9.44 Å². The second-order valence-corrected chi connectivity index (χ2v) is 5.30. The SMILES string of the molecule is COCCNS(=O)(=O)Nc1ccccc1OCC(=N)N. The highest BCUT2D eigenvalue weighted by Gasteiger charge is 2.12. The zero-order valence-electron chi connectivity index (χ0n) is 11.0. The number of rotatable bonds is 9. The van der Waals surface area contributed by atoms with Crippen molar-refractivity contribution in [1.82, 2.24) is 4.72 Å². The average molecular weight is 302 g/mol. The van der Waals surface area contributed by atoms with Crippen molar-refractivity contribution in [3.05, 3.63) is 24.3 Å². The summed E-state index contributed by atoms with van der Waals surface area (Å²) in [6, 6.07) is 6.47. The molecule has 5 N–H and O–H groups in total. The van der Waals surface area contributed by atoms with Crippen molar-refractivity contribution in [3.63, 3.8) is 0 Å². The molecule has 8 nitrogen and oxygen atoms in total. The van der Waals surface area contributed by atoms with Crippen LogP contribution in [0, 0.1) is 5.41 Å². The molecule has 0 amide bonds. The molecule has 0 aliphatic carbocycles. The minimum Gasteiger partial charge on any atom is -0.484 e. The highest BCUT2D eigenvalue weighted by molar-refractivity contribution is 7.90. The van der Waals surface area contributed by atoms with Crippen molar-refractivity contribution in [3.8, 4) is 5.75 Å². The molecular weight excluding hydrogens is 284 g/mol. The minimum absolute atomic E-state index is 0.115. The topological polar surface area (TPSA) is 127 Å². The molecule has 0 aliphatic heterocycles. The Kier molecular flexibility index (Phi) is 6.22. The number of anilines is 1. The highest BCUT2D eigenvalue weighted by Crippen LogP contribution is 2.24. The van der Waals surface area contributed by atoms with Crippen molar-refractivity contribution in [2.45, 2.75) is 0 Å². The zero-order chi connectivity index (χ0) is 15.0. The highest BCUT2D eigenvalue weighted by atomic mass is 32.2. The van der Waals surface area contributed by atoms with Crippen LogP contribution in [0.15, 0.2) is 24.3 Å². The molecule has 1 aromatic rings. The van der Waals surface area contributed by atoms with Crippen molar-refractivity contribution in [2.24, 2.45) is 5.73 Å². The third-order valence-electron chi connectivity index (χ3n) is 2.11. The van der Waals surface area contributed by atoms with Crippen molar-refractivity contribution in [1.29, 1.82) is 5.41 Å². The molecule has 0 spiro atoms. The first-order chi connectivity index (χ1) is 9.44. The van der Waals surface area contributed by atoms with Gasteiger partial charge in [-0.15, -0.1) is 0 Å². The lowest BCUT2D eigenvalue weighted by Gasteiger charge is -2.13. The second-order valence-electron chi connectivity index (χ2n) is 3.80. The summed E-state index contributed by atoms with van der Waals surface area (Å²) in [6.45, 7) is 0.307. The molecule has 0 aromatic heterocycles. The lowest BCUT2D eigenvalue weighted by Crippen LogP contribution is -2.32. The van der Waals surface area contributed by atoms with E-state index in [1.807, 2.05) is 0 Å². The van der Waals surface area contributed by atoms with Gasteiger partial charge in [0.05, 0.1) is 12.3 Å². The van der Waals surface area contributed by atoms with Gasteiger partial charge in [0, 0.05) is 13.7 Å². The molecule has 112 valence electrons. The van der Waals surface area contributed by atoms with Crippen LogP contribution in [-0.4, -0.2) is 41.1 Å². The minimum atomic E-state index is -3.71. The summed E-state index contributed by atoms with van der Waals surface area (Å²) in [5, 5.41) is 7.09. The van der Waals surface area contributed by atoms with Gasteiger partial charge in [0.15, 0.2) is 0 Å². The molecule has 0 saturated heterocycles. The molecule has 1 aromatic carbocycles. The molecule has 0 saturated carbocycles. The van der Waals surface area contributed by atoms with Gasteiger partial charge in [-0.3, -0.25) is 10.1 Å². The zero-order valence-corrected chi connectivity index (χ0v) is 11.9. The first-order valence-electron chi connectivity index (χ1n) is 5.75. The van der Waals surface area contributed by atoms with E-state index in [1.54, 1.807) is 24.3 Å². The molecule has 9 heteroatoms. The van der Waals surface area contributed by atoms with Crippen LogP contribution in [0.1, 0.15) is 0 Å². The van der Waals surface area contributed by atoms with Crippen LogP contribution >= 0.6 is 0 Å². The smallest absolute Gasteiger partial charge is 0.299 e. The van der Waals surface area contributed by atoms with Crippen LogP contribution in [0.25, 0.3) is 0 Å². The fourth-order valence-corrected chi connectivity index (χ4v) is 2.17. The number of para-hydroxylation sites is 2. The van der Waals surface area contributed by atoms with Crippen LogP contribution in [0.4, 0.5) is 5.69 Å². The van der Waals surface area contributed by atoms with E-state index in [4.69, 9.17) is 20.6 Å². The molecule has 1 rings (SSSR count). The molecule has 0 bridgehead atoms. The Labute approximate surface area is 118 Å². The third kappa shape index (κ3) is 5.87. The van der Waals surface area contributed by atoms with Gasteiger partial charge in [0.25, 0.3) is 10.2 Å². The Bertz CT molecular complexity index is 547. The van der Waals surface area contributed by atoms with Crippen molar-refractivity contribution < 1.29 is 17.9 Å². The standard InChI is InChI=1S/C11H18N4O4S/c1-18-7-6-14-20(16,17)15-9-4-2-3-5-10(9)19-8-11(12)13/h2-5,14-15H,6-8H2,1H3,(H3,12,13). The van der Waals surface area contributed by atoms with Gasteiger partial charge in [-0.1, -0.05) is 12.1 Å². The molecule has 0 radical (unpaired) electrons. The van der Waals surface area contributed by atoms with E-state index in [-0.39, 0.29) is 31.3 Å². The normalized spacial score (nSPS) is 11.1. The Morgan fingerprint density at radius 2 is 2.10 bits per heavy atom. The number of ether oxygens (including phenoxy) is 2. The molecule has 20 heavy (non-hydrogen) atoms. The monoisotopic (exact) mass is 302 g/mol. The first kappa shape index (κ1) is 16.2. The maximum Gasteiger partial charge on any atom is 0.299 e. The van der Waals surface area contributed by atoms with Gasteiger partial charge in [-0.05, 0) is 12.1 Å². The number of benzene rings is 1. The third-order valence-corrected chi connectivity index (χ3v) is 3.19. The summed E-state index contributed by atoms with van der Waals surface area (Å²) in [6.07, 6.45) is 0. The fourth-order valence-electron chi connectivity index (χ4n) is 1.29. The van der Waals surface area contributed by atoms with Gasteiger partial charge in [-0.2, -0.15) is 13.1 Å². The Balaban J connectivity index is 2.73. The predicted octanol–water partition coefficient (Wildman–Crippen LogP) is -0.106. The average Bonchev–Trinajstić information content (AvgIpc) is 2.37. The number of methoxy groups -OCH3 is 1. The first-order valence-corrected chi connectivity index (χ1v) is 7.24. The maximum absolute atomic E-state index is 11.8. The van der Waals surface area contributed by atoms with Crippen molar-refractivity contribution >= 4 is 21.7 Å². The summed E-state index contributed by atoms with van der Waals surface area (Å²) in [5.74, 6) is 0.140. The number of nitrogens with one attached hydrogen (secondary N) is 3. The van der Waals surface area contributed by atoms with E-state index in [0.29, 0.717) is 5.75 Å². The second kappa shape index (κ2) is 7.68. The largest absolute Gasteiger partial charge is 0.484 e. The molecule has 0 unspecified atom stereocenters. The van der Waals surface area contributed by atoms with Gasteiger partial charge in [0.1, 0.15) is 18.2 Å². The molecule has 0 atom stereocenters. The summed E-state index contributed by atoms with van der Waals surface area (Å²) >= 11 is 0. The maximum atomic E-state index is 11.8. The lowest BCUT2D eigenvalue weighted by molar-refractivity contribution is 0.204. The number of hydrogen-bond donors (Lipinski definition) is 4. The number of nitrogens with two attached hydrogens (primary N) is 1. The van der Waals surface area contributed by atoms with Gasteiger partial charge in [-0.25, -0.2) is 0 Å². The van der Waals surface area contributed by atoms with E-state index < -0.39 is 10.2 Å². The van der Waals surface area contributed by atoms with Gasteiger partial charge in [0.2, 0.25) is 0 Å². The summed E-state index contributed by atoms with van der Waals surface area (Å²) in [7, 11) is -2.23. The number of hydrogen-bond acceptors (Lipinski definition) is 5. The van der Waals surface area contributed by atoms with Crippen LogP contribution in [-0.2, 0) is 14.9 Å². The van der Waals surface area contributed by atoms with Crippen LogP contribution in [0.3, 0.4) is 0 Å².